The number of nitrogens with one attached hydrogen (secondary N) is 1. The number of amides is 1. The van der Waals surface area contributed by atoms with Gasteiger partial charge in [0.25, 0.3) is 11.6 Å². The second-order valence-electron chi connectivity index (χ2n) is 6.54. The van der Waals surface area contributed by atoms with Gasteiger partial charge in [0.05, 0.1) is 21.8 Å². The molecule has 1 amide bonds. The fraction of sp³-hybridized carbons (Fsp3) is 0.316. The molecule has 1 heterocycles. The lowest BCUT2D eigenvalue weighted by Gasteiger charge is -2.40. The fourth-order valence-electron chi connectivity index (χ4n) is 3.46. The predicted molar refractivity (Wildman–Crippen MR) is 103 cm³/mol. The van der Waals surface area contributed by atoms with Gasteiger partial charge in [0.15, 0.2) is 0 Å². The Bertz CT molecular complexity index is 879. The monoisotopic (exact) mass is 389 g/mol. The zero-order chi connectivity index (χ0) is 19.6. The van der Waals surface area contributed by atoms with Crippen molar-refractivity contribution in [2.45, 2.75) is 18.4 Å². The van der Waals surface area contributed by atoms with Gasteiger partial charge in [-0.15, -0.1) is 0 Å². The standard InChI is InChI=1S/C19H20ClN3O4/c1-21-18(24)14-12-13(23(26)27)6-7-17(14)22-10-8-19(25,9-11-22)15-4-2-3-5-16(15)20/h2-7,12,25H,8-11H2,1H3,(H,21,24). The van der Waals surface area contributed by atoms with E-state index >= 15 is 0 Å². The predicted octanol–water partition coefficient (Wildman–Crippen LogP) is 3.10. The number of hydrogen-bond donors (Lipinski definition) is 2. The van der Waals surface area contributed by atoms with Crippen LogP contribution >= 0.6 is 11.6 Å². The SMILES string of the molecule is CNC(=O)c1cc([N+](=O)[O-])ccc1N1CCC(O)(c2ccccc2Cl)CC1. The van der Waals surface area contributed by atoms with Gasteiger partial charge in [-0.1, -0.05) is 29.8 Å². The van der Waals surface area contributed by atoms with Crippen LogP contribution in [-0.4, -0.2) is 36.1 Å². The highest BCUT2D eigenvalue weighted by molar-refractivity contribution is 6.31. The number of aliphatic hydroxyl groups is 1. The van der Waals surface area contributed by atoms with Crippen LogP contribution in [0.2, 0.25) is 5.02 Å². The Labute approximate surface area is 161 Å². The largest absolute Gasteiger partial charge is 0.385 e. The van der Waals surface area contributed by atoms with E-state index in [1.807, 2.05) is 23.1 Å². The van der Waals surface area contributed by atoms with Crippen molar-refractivity contribution in [2.75, 3.05) is 25.0 Å². The molecule has 27 heavy (non-hydrogen) atoms. The number of hydrogen-bond acceptors (Lipinski definition) is 5. The Morgan fingerprint density at radius 1 is 1.26 bits per heavy atom. The molecule has 3 rings (SSSR count). The van der Waals surface area contributed by atoms with Crippen LogP contribution in [0, 0.1) is 10.1 Å². The van der Waals surface area contributed by atoms with E-state index < -0.39 is 10.5 Å². The molecule has 0 aliphatic carbocycles. The van der Waals surface area contributed by atoms with Gasteiger partial charge in [-0.3, -0.25) is 14.9 Å². The molecule has 2 aromatic rings. The van der Waals surface area contributed by atoms with Gasteiger partial charge in [-0.05, 0) is 25.0 Å². The lowest BCUT2D eigenvalue weighted by atomic mass is 9.84. The van der Waals surface area contributed by atoms with Crippen molar-refractivity contribution in [1.29, 1.82) is 0 Å². The highest BCUT2D eigenvalue weighted by Crippen LogP contribution is 2.38. The molecule has 0 bridgehead atoms. The van der Waals surface area contributed by atoms with E-state index in [9.17, 15) is 20.0 Å². The van der Waals surface area contributed by atoms with Crippen LogP contribution in [0.15, 0.2) is 42.5 Å². The molecule has 0 spiro atoms. The van der Waals surface area contributed by atoms with Crippen LogP contribution in [0.1, 0.15) is 28.8 Å². The molecule has 1 fully saturated rings. The number of nitro benzene ring substituents is 1. The van der Waals surface area contributed by atoms with Crippen LogP contribution < -0.4 is 10.2 Å². The summed E-state index contributed by atoms with van der Waals surface area (Å²) in [6.45, 7) is 0.979. The summed E-state index contributed by atoms with van der Waals surface area (Å²) >= 11 is 6.24. The summed E-state index contributed by atoms with van der Waals surface area (Å²) in [4.78, 5) is 24.7. The van der Waals surface area contributed by atoms with Crippen molar-refractivity contribution in [2.24, 2.45) is 0 Å². The number of benzene rings is 2. The Kier molecular flexibility index (Phi) is 5.34. The number of nitrogens with zero attached hydrogens (tertiary/aromatic N) is 2. The van der Waals surface area contributed by atoms with Gasteiger partial charge in [0, 0.05) is 42.9 Å². The minimum Gasteiger partial charge on any atom is -0.385 e. The molecule has 2 aromatic carbocycles. The van der Waals surface area contributed by atoms with Crippen LogP contribution in [0.3, 0.4) is 0 Å². The number of anilines is 1. The first-order valence-electron chi connectivity index (χ1n) is 8.58. The van der Waals surface area contributed by atoms with Gasteiger partial charge >= 0.3 is 0 Å². The zero-order valence-corrected chi connectivity index (χ0v) is 15.6. The van der Waals surface area contributed by atoms with Crippen LogP contribution in [0.4, 0.5) is 11.4 Å². The third-order valence-corrected chi connectivity index (χ3v) is 5.30. The molecule has 0 radical (unpaired) electrons. The van der Waals surface area contributed by atoms with E-state index in [0.717, 1.165) is 0 Å². The Hall–Kier alpha value is -2.64. The first-order valence-corrected chi connectivity index (χ1v) is 8.96. The molecule has 1 aliphatic rings. The zero-order valence-electron chi connectivity index (χ0n) is 14.8. The first kappa shape index (κ1) is 19.1. The molecule has 1 aliphatic heterocycles. The molecule has 7 nitrogen and oxygen atoms in total. The van der Waals surface area contributed by atoms with Crippen molar-refractivity contribution >= 4 is 28.9 Å². The van der Waals surface area contributed by atoms with Gasteiger partial charge in [-0.25, -0.2) is 0 Å². The molecule has 0 saturated carbocycles. The summed E-state index contributed by atoms with van der Waals surface area (Å²) in [6.07, 6.45) is 0.863. The number of non-ortho nitro benzene ring substituents is 1. The number of piperidine rings is 1. The molecule has 1 saturated heterocycles. The lowest BCUT2D eigenvalue weighted by molar-refractivity contribution is -0.384. The number of nitro groups is 1. The second kappa shape index (κ2) is 7.54. The van der Waals surface area contributed by atoms with Gasteiger partial charge in [0.2, 0.25) is 0 Å². The van der Waals surface area contributed by atoms with E-state index in [1.54, 1.807) is 12.1 Å². The topological polar surface area (TPSA) is 95.7 Å². The van der Waals surface area contributed by atoms with Crippen LogP contribution in [0.25, 0.3) is 0 Å². The first-order chi connectivity index (χ1) is 12.9. The number of carbonyl (C=O) groups is 1. The van der Waals surface area contributed by atoms with Crippen LogP contribution in [-0.2, 0) is 5.60 Å². The third kappa shape index (κ3) is 3.74. The highest BCUT2D eigenvalue weighted by Gasteiger charge is 2.36. The van der Waals surface area contributed by atoms with Crippen molar-refractivity contribution in [3.63, 3.8) is 0 Å². The smallest absolute Gasteiger partial charge is 0.270 e. The van der Waals surface area contributed by atoms with Gasteiger partial charge in [0.1, 0.15) is 0 Å². The summed E-state index contributed by atoms with van der Waals surface area (Å²) in [5.41, 5.74) is 0.377. The summed E-state index contributed by atoms with van der Waals surface area (Å²) in [5.74, 6) is -0.388. The summed E-state index contributed by atoms with van der Waals surface area (Å²) in [7, 11) is 1.48. The normalized spacial score (nSPS) is 16.0. The lowest BCUT2D eigenvalue weighted by Crippen LogP contribution is -2.43. The molecule has 142 valence electrons. The minimum atomic E-state index is -1.04. The molecular weight excluding hydrogens is 370 g/mol. The minimum absolute atomic E-state index is 0.137. The fourth-order valence-corrected chi connectivity index (χ4v) is 3.77. The maximum atomic E-state index is 12.2. The third-order valence-electron chi connectivity index (χ3n) is 4.97. The van der Waals surface area contributed by atoms with E-state index in [4.69, 9.17) is 11.6 Å². The van der Waals surface area contributed by atoms with E-state index in [2.05, 4.69) is 5.32 Å². The van der Waals surface area contributed by atoms with Crippen molar-refractivity contribution in [3.05, 3.63) is 68.7 Å². The Balaban J connectivity index is 1.87. The number of rotatable bonds is 4. The molecule has 0 unspecified atom stereocenters. The van der Waals surface area contributed by atoms with Crippen molar-refractivity contribution in [3.8, 4) is 0 Å². The van der Waals surface area contributed by atoms with E-state index in [-0.39, 0.29) is 17.2 Å². The Morgan fingerprint density at radius 3 is 2.52 bits per heavy atom. The average Bonchev–Trinajstić information content (AvgIpc) is 2.67. The second-order valence-corrected chi connectivity index (χ2v) is 6.94. The molecular formula is C19H20ClN3O4. The van der Waals surface area contributed by atoms with Crippen LogP contribution in [0.5, 0.6) is 0 Å². The maximum Gasteiger partial charge on any atom is 0.270 e. The quantitative estimate of drug-likeness (QED) is 0.618. The number of halogens is 1. The summed E-state index contributed by atoms with van der Waals surface area (Å²) in [6, 6.07) is 11.5. The molecule has 2 N–H and O–H groups in total. The van der Waals surface area contributed by atoms with Crippen molar-refractivity contribution in [1.82, 2.24) is 5.32 Å². The average molecular weight is 390 g/mol. The van der Waals surface area contributed by atoms with Gasteiger partial charge < -0.3 is 15.3 Å². The molecule has 0 atom stereocenters. The van der Waals surface area contributed by atoms with Gasteiger partial charge in [-0.2, -0.15) is 0 Å². The molecule has 0 aromatic heterocycles. The Morgan fingerprint density at radius 2 is 1.93 bits per heavy atom. The summed E-state index contributed by atoms with van der Waals surface area (Å²) < 4.78 is 0. The number of carbonyl (C=O) groups excluding carboxylic acids is 1. The molecule has 8 heteroatoms. The maximum absolute atomic E-state index is 12.2. The van der Waals surface area contributed by atoms with Crippen molar-refractivity contribution < 1.29 is 14.8 Å². The van der Waals surface area contributed by atoms with E-state index in [1.165, 1.54) is 19.2 Å². The highest BCUT2D eigenvalue weighted by atomic mass is 35.5. The van der Waals surface area contributed by atoms with E-state index in [0.29, 0.717) is 42.2 Å². The summed E-state index contributed by atoms with van der Waals surface area (Å²) in [5, 5.41) is 25.1.